The lowest BCUT2D eigenvalue weighted by molar-refractivity contribution is 0.111. The Bertz CT molecular complexity index is 768. The number of fused-ring (bicyclic) bond motifs is 1. The minimum Gasteiger partial charge on any atom is -0.486 e. The Hall–Kier alpha value is -1.63. The van der Waals surface area contributed by atoms with Gasteiger partial charge in [0.15, 0.2) is 11.5 Å². The van der Waals surface area contributed by atoms with Crippen LogP contribution < -0.4 is 14.8 Å². The summed E-state index contributed by atoms with van der Waals surface area (Å²) in [6.45, 7) is 2.98. The molecular weight excluding hydrogens is 348 g/mol. The fourth-order valence-corrected chi connectivity index (χ4v) is 4.73. The number of ether oxygens (including phenoxy) is 3. The molecule has 6 heteroatoms. The van der Waals surface area contributed by atoms with E-state index in [1.165, 1.54) is 23.3 Å². The van der Waals surface area contributed by atoms with Crippen molar-refractivity contribution in [2.45, 2.75) is 44.4 Å². The van der Waals surface area contributed by atoms with Crippen molar-refractivity contribution in [2.75, 3.05) is 19.8 Å². The summed E-state index contributed by atoms with van der Waals surface area (Å²) < 4.78 is 17.2. The van der Waals surface area contributed by atoms with E-state index in [0.29, 0.717) is 25.2 Å². The zero-order valence-corrected chi connectivity index (χ0v) is 15.6. The third-order valence-corrected chi connectivity index (χ3v) is 6.38. The lowest BCUT2D eigenvalue weighted by Gasteiger charge is -2.23. The van der Waals surface area contributed by atoms with Gasteiger partial charge in [-0.05, 0) is 49.3 Å². The zero-order chi connectivity index (χ0) is 17.3. The Morgan fingerprint density at radius 3 is 2.81 bits per heavy atom. The summed E-state index contributed by atoms with van der Waals surface area (Å²) in [7, 11) is 0. The maximum atomic E-state index is 5.76. The molecule has 3 heterocycles. The summed E-state index contributed by atoms with van der Waals surface area (Å²) in [6, 6.07) is 6.73. The molecule has 1 aliphatic carbocycles. The molecule has 0 radical (unpaired) electrons. The molecule has 5 nitrogen and oxygen atoms in total. The van der Waals surface area contributed by atoms with Crippen LogP contribution in [0.4, 0.5) is 0 Å². The Labute approximate surface area is 157 Å². The first kappa shape index (κ1) is 16.5. The number of nitrogens with one attached hydrogen (secondary N) is 1. The molecule has 0 amide bonds. The Balaban J connectivity index is 1.28. The van der Waals surface area contributed by atoms with Crippen LogP contribution >= 0.6 is 11.3 Å². The average molecular weight is 372 g/mol. The summed E-state index contributed by atoms with van der Waals surface area (Å²) in [4.78, 5) is 5.86. The highest BCUT2D eigenvalue weighted by Crippen LogP contribution is 2.43. The monoisotopic (exact) mass is 372 g/mol. The Kier molecular flexibility index (Phi) is 4.56. The van der Waals surface area contributed by atoms with Gasteiger partial charge in [0.1, 0.15) is 24.3 Å². The molecule has 3 aliphatic rings. The maximum absolute atomic E-state index is 5.76. The van der Waals surface area contributed by atoms with E-state index in [1.54, 1.807) is 11.3 Å². The first-order valence-electron chi connectivity index (χ1n) is 9.56. The predicted octanol–water partition coefficient (Wildman–Crippen LogP) is 4.01. The van der Waals surface area contributed by atoms with Gasteiger partial charge in [0.25, 0.3) is 0 Å². The van der Waals surface area contributed by atoms with E-state index < -0.39 is 0 Å². The van der Waals surface area contributed by atoms with Crippen LogP contribution in [0.25, 0.3) is 0 Å². The van der Waals surface area contributed by atoms with Gasteiger partial charge >= 0.3 is 0 Å². The number of rotatable bonds is 6. The fourth-order valence-electron chi connectivity index (χ4n) is 3.78. The SMILES string of the molecule is c1cc2c(cc1[C@@H](NCc1cnc([C@H]3CCCO3)s1)C1CC1)OCCO2. The Morgan fingerprint density at radius 1 is 1.12 bits per heavy atom. The quantitative estimate of drug-likeness (QED) is 0.830. The fraction of sp³-hybridized carbons (Fsp3) is 0.550. The van der Waals surface area contributed by atoms with Crippen LogP contribution in [0, 0.1) is 5.92 Å². The van der Waals surface area contributed by atoms with Crippen LogP contribution in [-0.4, -0.2) is 24.8 Å². The molecular formula is C20H24N2O3S. The van der Waals surface area contributed by atoms with Crippen molar-refractivity contribution < 1.29 is 14.2 Å². The van der Waals surface area contributed by atoms with Crippen molar-refractivity contribution in [3.8, 4) is 11.5 Å². The van der Waals surface area contributed by atoms with Crippen molar-refractivity contribution >= 4 is 11.3 Å². The van der Waals surface area contributed by atoms with E-state index >= 15 is 0 Å². The minimum absolute atomic E-state index is 0.214. The first-order valence-corrected chi connectivity index (χ1v) is 10.4. The maximum Gasteiger partial charge on any atom is 0.161 e. The summed E-state index contributed by atoms with van der Waals surface area (Å²) in [5.41, 5.74) is 1.29. The number of hydrogen-bond donors (Lipinski definition) is 1. The molecule has 1 aromatic heterocycles. The van der Waals surface area contributed by atoms with Gasteiger partial charge in [0.05, 0.1) is 0 Å². The highest BCUT2D eigenvalue weighted by Gasteiger charge is 2.33. The molecule has 2 aromatic rings. The number of benzene rings is 1. The van der Waals surface area contributed by atoms with Crippen molar-refractivity contribution in [3.05, 3.63) is 39.8 Å². The number of aromatic nitrogens is 1. The normalized spacial score (nSPS) is 23.2. The van der Waals surface area contributed by atoms with Crippen LogP contribution in [0.3, 0.4) is 0 Å². The van der Waals surface area contributed by atoms with Gasteiger partial charge in [0, 0.05) is 30.3 Å². The molecule has 1 saturated heterocycles. The van der Waals surface area contributed by atoms with Gasteiger partial charge in [-0.2, -0.15) is 0 Å². The van der Waals surface area contributed by atoms with Crippen LogP contribution in [0.1, 0.15) is 53.3 Å². The molecule has 5 rings (SSSR count). The van der Waals surface area contributed by atoms with E-state index in [0.717, 1.165) is 42.5 Å². The van der Waals surface area contributed by atoms with E-state index in [1.807, 2.05) is 12.3 Å². The average Bonchev–Trinajstić information content (AvgIpc) is 3.17. The lowest BCUT2D eigenvalue weighted by atomic mass is 10.0. The molecule has 0 spiro atoms. The summed E-state index contributed by atoms with van der Waals surface area (Å²) >= 11 is 1.78. The molecule has 26 heavy (non-hydrogen) atoms. The highest BCUT2D eigenvalue weighted by molar-refractivity contribution is 7.11. The molecule has 1 N–H and O–H groups in total. The van der Waals surface area contributed by atoms with Crippen molar-refractivity contribution in [1.29, 1.82) is 0 Å². The van der Waals surface area contributed by atoms with Crippen molar-refractivity contribution in [2.24, 2.45) is 5.92 Å². The van der Waals surface area contributed by atoms with Crippen LogP contribution in [-0.2, 0) is 11.3 Å². The molecule has 2 atom stereocenters. The van der Waals surface area contributed by atoms with Gasteiger partial charge < -0.3 is 19.5 Å². The number of nitrogens with zero attached hydrogens (tertiary/aromatic N) is 1. The van der Waals surface area contributed by atoms with E-state index in [4.69, 9.17) is 14.2 Å². The largest absolute Gasteiger partial charge is 0.486 e. The molecule has 2 fully saturated rings. The van der Waals surface area contributed by atoms with Gasteiger partial charge in [-0.15, -0.1) is 11.3 Å². The minimum atomic E-state index is 0.214. The second-order valence-electron chi connectivity index (χ2n) is 7.27. The van der Waals surface area contributed by atoms with Gasteiger partial charge in [-0.3, -0.25) is 0 Å². The second kappa shape index (κ2) is 7.18. The van der Waals surface area contributed by atoms with E-state index in [-0.39, 0.29) is 6.10 Å². The van der Waals surface area contributed by atoms with Crippen LogP contribution in [0.15, 0.2) is 24.4 Å². The van der Waals surface area contributed by atoms with Crippen molar-refractivity contribution in [3.63, 3.8) is 0 Å². The summed E-state index contributed by atoms with van der Waals surface area (Å²) in [5.74, 6) is 2.45. The number of thiazole rings is 1. The zero-order valence-electron chi connectivity index (χ0n) is 14.8. The van der Waals surface area contributed by atoms with Crippen LogP contribution in [0.2, 0.25) is 0 Å². The third-order valence-electron chi connectivity index (χ3n) is 5.29. The third kappa shape index (κ3) is 3.46. The smallest absolute Gasteiger partial charge is 0.161 e. The van der Waals surface area contributed by atoms with Gasteiger partial charge in [-0.25, -0.2) is 4.98 Å². The summed E-state index contributed by atoms with van der Waals surface area (Å²) in [5, 5.41) is 4.88. The Morgan fingerprint density at radius 2 is 2.00 bits per heavy atom. The molecule has 1 saturated carbocycles. The standard InChI is InChI=1S/C20H24N2O3S/c1-2-17(23-7-1)20-22-12-15(26-20)11-21-19(13-3-4-13)14-5-6-16-18(10-14)25-9-8-24-16/h5-6,10,12-13,17,19,21H,1-4,7-9,11H2/t17-,19+/m1/s1. The first-order chi connectivity index (χ1) is 12.9. The predicted molar refractivity (Wildman–Crippen MR) is 99.8 cm³/mol. The highest BCUT2D eigenvalue weighted by atomic mass is 32.1. The lowest BCUT2D eigenvalue weighted by Crippen LogP contribution is -2.23. The number of hydrogen-bond acceptors (Lipinski definition) is 6. The molecule has 138 valence electrons. The van der Waals surface area contributed by atoms with E-state index in [9.17, 15) is 0 Å². The molecule has 0 unspecified atom stereocenters. The topological polar surface area (TPSA) is 52.6 Å². The molecule has 2 aliphatic heterocycles. The van der Waals surface area contributed by atoms with E-state index in [2.05, 4.69) is 22.4 Å². The van der Waals surface area contributed by atoms with Gasteiger partial charge in [-0.1, -0.05) is 6.07 Å². The molecule has 0 bridgehead atoms. The van der Waals surface area contributed by atoms with Crippen molar-refractivity contribution in [1.82, 2.24) is 10.3 Å². The van der Waals surface area contributed by atoms with Crippen LogP contribution in [0.5, 0.6) is 11.5 Å². The van der Waals surface area contributed by atoms with Gasteiger partial charge in [0.2, 0.25) is 0 Å². The second-order valence-corrected chi connectivity index (χ2v) is 8.41. The molecule has 1 aromatic carbocycles. The summed E-state index contributed by atoms with van der Waals surface area (Å²) in [6.07, 6.45) is 7.04.